The van der Waals surface area contributed by atoms with Crippen molar-refractivity contribution in [1.29, 1.82) is 0 Å². The second-order valence-corrected chi connectivity index (χ2v) is 42.0. The van der Waals surface area contributed by atoms with Gasteiger partial charge >= 0.3 is 14.9 Å². The molecule has 8 N–H and O–H groups in total. The lowest BCUT2D eigenvalue weighted by Crippen LogP contribution is -2.70. The minimum absolute atomic E-state index is 0.0199. The maximum Gasteiger partial charge on any atom is 0.582 e. The number of fused-ring (bicyclic) bond motifs is 14. The normalized spacial score (nSPS) is 16.0. The molecule has 514 valence electrons. The fourth-order valence-corrected chi connectivity index (χ4v) is 27.0. The quantitative estimate of drug-likeness (QED) is 0.0120. The molecule has 6 heterocycles. The standard InChI is InChI=1S/C61H80N14O15S3Si3/c1-94(2,41-16-32-65-51(76)29-13-14-31-53(78)86-62)89-96(90-95(3,4)42-17-33-66-52(77)30-15-34-75(35-18-38-91(79,80)81,36-19-39-92(82,83)87-63)37-20-40-93(84,85)88-64)73-58-47-25-9-10-26-48(47)60(73)71-56-45-23-7-8-24-46(45)57(68-56)72-61-50-28-12-11-27-49(50)59(74(61)96)70-55-44-22-6-5-21-43(44)54(67-55)69-58/h5-12,21-28H,13-20,29-42,62-64H2,1-4H3,(H2-,65,66,76,77,79,80,81). The Morgan fingerprint density at radius 1 is 0.490 bits per heavy atom. The predicted octanol–water partition coefficient (Wildman–Crippen LogP) is 4.56. The maximum atomic E-state index is 14.0. The monoisotopic (exact) mass is 1430 g/mol. The van der Waals surface area contributed by atoms with Gasteiger partial charge < -0.3 is 32.7 Å². The molecule has 1 unspecified atom stereocenters. The van der Waals surface area contributed by atoms with Gasteiger partial charge in [0.25, 0.3) is 20.2 Å². The number of aliphatic imine (C=N–C) groups is 4. The Morgan fingerprint density at radius 3 is 1.28 bits per heavy atom. The summed E-state index contributed by atoms with van der Waals surface area (Å²) in [5, 5.41) is 9.07. The van der Waals surface area contributed by atoms with Crippen molar-refractivity contribution < 1.29 is 70.3 Å². The fraction of sp³-hybridized carbons (Fsp3) is 0.426. The van der Waals surface area contributed by atoms with Gasteiger partial charge in [-0.3, -0.25) is 22.8 Å². The van der Waals surface area contributed by atoms with E-state index in [2.05, 4.69) is 58.7 Å². The molecule has 4 aliphatic rings. The summed E-state index contributed by atoms with van der Waals surface area (Å²) in [5.41, 5.74) is 4.00. The number of carbonyl (C=O) groups excluding carboxylic acids is 3. The Balaban J connectivity index is 1.03. The molecule has 0 radical (unpaired) electrons. The zero-order valence-corrected chi connectivity index (χ0v) is 59.3. The lowest BCUT2D eigenvalue weighted by atomic mass is 10.1. The predicted molar refractivity (Wildman–Crippen MR) is 367 cm³/mol. The molecule has 0 saturated heterocycles. The SMILES string of the molecule is C[Si](C)(CCCNC(=O)CCCCC(=O)ON)O[Si]1(O[Si](C)(C)CCCNC(=O)CCC[N+](CCCS(=O)(=O)[O-])(CCCS(=O)(=O)ON)CCCS(=O)(=O)ON)n2c3c4ccccc4c2N=C2N=C(N=c4c5ccccc5c(n41)=NC1=NC(=N3)c3ccccc31)c1ccccc12. The highest BCUT2D eigenvalue weighted by molar-refractivity contribution is 7.87. The molecule has 4 aromatic carbocycles. The van der Waals surface area contributed by atoms with E-state index in [1.54, 1.807) is 0 Å². The highest BCUT2D eigenvalue weighted by Gasteiger charge is 2.58. The van der Waals surface area contributed by atoms with Crippen molar-refractivity contribution in [3.8, 4) is 0 Å². The average molecular weight is 1430 g/mol. The van der Waals surface area contributed by atoms with Crippen LogP contribution in [0, 0.1) is 0 Å². The number of hydrogen-bond acceptors (Lipinski definition) is 24. The number of nitrogens with zero attached hydrogens (tertiary/aromatic N) is 9. The van der Waals surface area contributed by atoms with Crippen LogP contribution < -0.4 is 39.3 Å². The summed E-state index contributed by atoms with van der Waals surface area (Å²) < 4.78 is 114. The number of amidine groups is 4. The highest BCUT2D eigenvalue weighted by Crippen LogP contribution is 2.45. The average Bonchev–Trinajstić information content (AvgIpc) is 1.51. The molecule has 0 spiro atoms. The number of benzene rings is 4. The molecular weight excluding hydrogens is 1350 g/mol. The number of quaternary nitrogens is 1. The Kier molecular flexibility index (Phi) is 22.3. The molecule has 6 bridgehead atoms. The van der Waals surface area contributed by atoms with Gasteiger partial charge in [-0.1, -0.05) is 97.1 Å². The topological polar surface area (TPSA) is 409 Å². The van der Waals surface area contributed by atoms with Crippen LogP contribution in [-0.4, -0.2) is 166 Å². The van der Waals surface area contributed by atoms with E-state index in [9.17, 15) is 44.2 Å². The van der Waals surface area contributed by atoms with Gasteiger partial charge in [-0.2, -0.15) is 43.1 Å². The molecule has 29 nitrogen and oxygen atoms in total. The van der Waals surface area contributed by atoms with E-state index >= 15 is 0 Å². The van der Waals surface area contributed by atoms with Crippen molar-refractivity contribution >= 4 is 130 Å². The summed E-state index contributed by atoms with van der Waals surface area (Å²) >= 11 is 0. The number of hydrogen-bond donors (Lipinski definition) is 5. The van der Waals surface area contributed by atoms with Crippen molar-refractivity contribution in [2.45, 2.75) is 109 Å². The van der Waals surface area contributed by atoms with Crippen LogP contribution >= 0.6 is 0 Å². The van der Waals surface area contributed by atoms with E-state index in [0.29, 0.717) is 90.3 Å². The van der Waals surface area contributed by atoms with Crippen LogP contribution in [0.4, 0.5) is 11.6 Å². The molecule has 0 saturated carbocycles. The molecule has 10 rings (SSSR count). The first-order chi connectivity index (χ1) is 45.7. The van der Waals surface area contributed by atoms with Crippen LogP contribution in [0.2, 0.25) is 38.3 Å². The minimum Gasteiger partial charge on any atom is -0.748 e. The van der Waals surface area contributed by atoms with E-state index in [-0.39, 0.29) is 94.0 Å². The number of nitrogens with one attached hydrogen (secondary N) is 2. The lowest BCUT2D eigenvalue weighted by Gasteiger charge is -2.43. The molecule has 2 amide bonds. The molecule has 96 heavy (non-hydrogen) atoms. The van der Waals surface area contributed by atoms with Gasteiger partial charge in [0, 0.05) is 108 Å². The molecule has 35 heteroatoms. The molecular formula is C61H80N14O15S3Si3. The van der Waals surface area contributed by atoms with Crippen LogP contribution in [0.3, 0.4) is 0 Å². The Hall–Kier alpha value is -7.21. The second-order valence-electron chi connectivity index (χ2n) is 25.4. The summed E-state index contributed by atoms with van der Waals surface area (Å²) in [5.74, 6) is 14.9. The molecule has 0 aliphatic carbocycles. The van der Waals surface area contributed by atoms with Gasteiger partial charge in [-0.25, -0.2) is 38.4 Å². The van der Waals surface area contributed by atoms with Gasteiger partial charge in [-0.05, 0) is 64.0 Å². The number of amides is 2. The smallest absolute Gasteiger partial charge is 0.582 e. The molecule has 0 fully saturated rings. The first-order valence-corrected chi connectivity index (χ1v) is 44.5. The minimum atomic E-state index is -4.70. The zero-order chi connectivity index (χ0) is 68.7. The third-order valence-electron chi connectivity index (χ3n) is 17.3. The van der Waals surface area contributed by atoms with Gasteiger partial charge in [0.05, 0.1) is 47.8 Å². The van der Waals surface area contributed by atoms with Crippen LogP contribution in [-0.2, 0) is 66.4 Å². The fourth-order valence-electron chi connectivity index (χ4n) is 12.8. The van der Waals surface area contributed by atoms with E-state index in [1.807, 2.05) is 97.1 Å². The summed E-state index contributed by atoms with van der Waals surface area (Å²) in [6.45, 7) is 9.40. The third-order valence-corrected chi connectivity index (χ3v) is 31.9. The first-order valence-electron chi connectivity index (χ1n) is 31.8. The first kappa shape index (κ1) is 71.6. The van der Waals surface area contributed by atoms with Gasteiger partial charge in [0.15, 0.2) is 40.0 Å². The zero-order valence-electron chi connectivity index (χ0n) is 53.9. The maximum absolute atomic E-state index is 14.0. The molecule has 1 atom stereocenters. The van der Waals surface area contributed by atoms with E-state index < -0.39 is 79.1 Å². The van der Waals surface area contributed by atoms with Crippen molar-refractivity contribution in [3.63, 3.8) is 0 Å². The van der Waals surface area contributed by atoms with Gasteiger partial charge in [-0.15, -0.1) is 0 Å². The molecule has 6 aromatic rings. The highest BCUT2D eigenvalue weighted by atomic mass is 32.2. The molecule has 4 aliphatic heterocycles. The largest absolute Gasteiger partial charge is 0.748 e. The van der Waals surface area contributed by atoms with E-state index in [1.165, 1.54) is 0 Å². The number of aromatic nitrogens is 2. The third kappa shape index (κ3) is 16.8. The van der Waals surface area contributed by atoms with E-state index in [4.69, 9.17) is 55.9 Å². The summed E-state index contributed by atoms with van der Waals surface area (Å²) in [6.07, 6.45) is 2.19. The number of carbonyl (C=O) groups is 3. The lowest BCUT2D eigenvalue weighted by molar-refractivity contribution is -0.928. The van der Waals surface area contributed by atoms with Crippen molar-refractivity contribution in [3.05, 3.63) is 130 Å². The van der Waals surface area contributed by atoms with Crippen molar-refractivity contribution in [1.82, 2.24) is 19.1 Å². The Labute approximate surface area is 559 Å². The van der Waals surface area contributed by atoms with Crippen LogP contribution in [0.25, 0.3) is 21.5 Å². The van der Waals surface area contributed by atoms with Crippen LogP contribution in [0.1, 0.15) is 92.9 Å². The van der Waals surface area contributed by atoms with E-state index in [0.717, 1.165) is 43.8 Å². The molecule has 2 aromatic heterocycles. The van der Waals surface area contributed by atoms with Gasteiger partial charge in [0.1, 0.15) is 22.6 Å². The second kappa shape index (κ2) is 29.9. The Morgan fingerprint density at radius 2 is 0.865 bits per heavy atom. The Bertz CT molecular complexity index is 4400. The summed E-state index contributed by atoms with van der Waals surface area (Å²) in [6, 6.07) is 32.5. The number of nitrogens with two attached hydrogens (primary N) is 3. The van der Waals surface area contributed by atoms with Crippen LogP contribution in [0.5, 0.6) is 0 Å². The van der Waals surface area contributed by atoms with Crippen molar-refractivity contribution in [2.24, 2.45) is 47.6 Å². The summed E-state index contributed by atoms with van der Waals surface area (Å²) in [4.78, 5) is 76.0. The van der Waals surface area contributed by atoms with Gasteiger partial charge in [0.2, 0.25) is 11.8 Å². The van der Waals surface area contributed by atoms with Crippen molar-refractivity contribution in [2.75, 3.05) is 56.5 Å². The van der Waals surface area contributed by atoms with Crippen LogP contribution in [0.15, 0.2) is 127 Å². The number of rotatable bonds is 35. The number of unbranched alkanes of at least 4 members (excludes halogenated alkanes) is 1. The summed E-state index contributed by atoms with van der Waals surface area (Å²) in [7, 11) is -24.0.